The highest BCUT2D eigenvalue weighted by atomic mass is 32.2. The molecule has 2 aromatic rings. The van der Waals surface area contributed by atoms with Crippen molar-refractivity contribution in [2.24, 2.45) is 4.99 Å². The molecule has 0 atom stereocenters. The molecule has 2 heterocycles. The van der Waals surface area contributed by atoms with Gasteiger partial charge in [0, 0.05) is 17.8 Å². The number of fused-ring (bicyclic) bond motifs is 1. The van der Waals surface area contributed by atoms with E-state index in [1.165, 1.54) is 17.3 Å². The van der Waals surface area contributed by atoms with Gasteiger partial charge in [0.2, 0.25) is 0 Å². The molecule has 1 aromatic heterocycles. The van der Waals surface area contributed by atoms with Crippen molar-refractivity contribution in [3.63, 3.8) is 0 Å². The SMILES string of the molecule is C=C1c2c(C)nc(SC)c(C#N)c2N=CN1CCCc1ccccc1. The molecule has 0 saturated carbocycles. The minimum Gasteiger partial charge on any atom is -0.332 e. The molecule has 0 bridgehead atoms. The van der Waals surface area contributed by atoms with Crippen LogP contribution in [0.3, 0.4) is 0 Å². The van der Waals surface area contributed by atoms with Gasteiger partial charge in [-0.15, -0.1) is 11.8 Å². The zero-order valence-electron chi connectivity index (χ0n) is 14.5. The Bertz CT molecular complexity index is 866. The number of nitrogens with zero attached hydrogens (tertiary/aromatic N) is 4. The minimum absolute atomic E-state index is 0.537. The number of hydrogen-bond donors (Lipinski definition) is 0. The summed E-state index contributed by atoms with van der Waals surface area (Å²) in [6.07, 6.45) is 5.73. The third kappa shape index (κ3) is 3.45. The van der Waals surface area contributed by atoms with E-state index in [0.717, 1.165) is 41.4 Å². The summed E-state index contributed by atoms with van der Waals surface area (Å²) in [6.45, 7) is 7.02. The summed E-state index contributed by atoms with van der Waals surface area (Å²) in [5, 5.41) is 10.2. The molecule has 0 saturated heterocycles. The lowest BCUT2D eigenvalue weighted by Crippen LogP contribution is -2.25. The smallest absolute Gasteiger partial charge is 0.116 e. The Morgan fingerprint density at radius 3 is 2.72 bits per heavy atom. The van der Waals surface area contributed by atoms with Gasteiger partial charge in [0.05, 0.1) is 17.7 Å². The van der Waals surface area contributed by atoms with E-state index >= 15 is 0 Å². The van der Waals surface area contributed by atoms with Crippen LogP contribution in [-0.2, 0) is 6.42 Å². The van der Waals surface area contributed by atoms with Crippen molar-refractivity contribution in [2.45, 2.75) is 24.8 Å². The molecule has 1 aromatic carbocycles. The van der Waals surface area contributed by atoms with Crippen LogP contribution >= 0.6 is 11.8 Å². The summed E-state index contributed by atoms with van der Waals surface area (Å²) in [5.74, 6) is 0. The number of hydrogen-bond acceptors (Lipinski definition) is 5. The molecule has 1 aliphatic heterocycles. The molecule has 0 radical (unpaired) electrons. The second-order valence-corrected chi connectivity index (χ2v) is 6.69. The van der Waals surface area contributed by atoms with Crippen LogP contribution in [-0.4, -0.2) is 29.0 Å². The molecule has 5 heteroatoms. The fourth-order valence-electron chi connectivity index (χ4n) is 3.02. The van der Waals surface area contributed by atoms with Crippen molar-refractivity contribution >= 4 is 29.5 Å². The van der Waals surface area contributed by atoms with Gasteiger partial charge in [-0.25, -0.2) is 9.98 Å². The molecule has 4 nitrogen and oxygen atoms in total. The fraction of sp³-hybridized carbons (Fsp3) is 0.250. The highest BCUT2D eigenvalue weighted by molar-refractivity contribution is 7.98. The van der Waals surface area contributed by atoms with Gasteiger partial charge in [-0.3, -0.25) is 0 Å². The highest BCUT2D eigenvalue weighted by Gasteiger charge is 2.24. The second kappa shape index (κ2) is 7.54. The van der Waals surface area contributed by atoms with Crippen molar-refractivity contribution in [1.82, 2.24) is 9.88 Å². The van der Waals surface area contributed by atoms with Crippen molar-refractivity contribution in [1.29, 1.82) is 5.26 Å². The molecule has 0 fully saturated rings. The van der Waals surface area contributed by atoms with Gasteiger partial charge in [-0.05, 0) is 31.6 Å². The first kappa shape index (κ1) is 17.2. The number of rotatable bonds is 5. The highest BCUT2D eigenvalue weighted by Crippen LogP contribution is 2.39. The van der Waals surface area contributed by atoms with E-state index in [2.05, 4.69) is 51.8 Å². The fourth-order valence-corrected chi connectivity index (χ4v) is 3.59. The van der Waals surface area contributed by atoms with E-state index in [9.17, 15) is 5.26 Å². The standard InChI is InChI=1S/C20H20N4S/c1-14-18-15(2)24(11-7-10-16-8-5-4-6-9-16)13-22-19(18)17(12-21)20(23-14)25-3/h4-6,8-9,13H,2,7,10-11H2,1,3H3. The topological polar surface area (TPSA) is 52.3 Å². The molecule has 126 valence electrons. The van der Waals surface area contributed by atoms with Gasteiger partial charge < -0.3 is 4.90 Å². The van der Waals surface area contributed by atoms with Crippen molar-refractivity contribution in [3.8, 4) is 6.07 Å². The first-order valence-electron chi connectivity index (χ1n) is 8.18. The number of aryl methyl sites for hydroxylation is 2. The number of pyridine rings is 1. The Kier molecular flexibility index (Phi) is 5.20. The Morgan fingerprint density at radius 2 is 2.04 bits per heavy atom. The lowest BCUT2D eigenvalue weighted by molar-refractivity contribution is 0.562. The zero-order chi connectivity index (χ0) is 17.8. The number of aromatic nitrogens is 1. The van der Waals surface area contributed by atoms with Crippen molar-refractivity contribution < 1.29 is 0 Å². The van der Waals surface area contributed by atoms with Gasteiger partial charge in [-0.2, -0.15) is 5.26 Å². The van der Waals surface area contributed by atoms with Gasteiger partial charge in [0.25, 0.3) is 0 Å². The predicted molar refractivity (Wildman–Crippen MR) is 104 cm³/mol. The van der Waals surface area contributed by atoms with E-state index < -0.39 is 0 Å². The number of aliphatic imine (C=N–C) groups is 1. The van der Waals surface area contributed by atoms with Crippen LogP contribution in [0.4, 0.5) is 5.69 Å². The number of nitriles is 1. The van der Waals surface area contributed by atoms with Crippen LogP contribution in [0.15, 0.2) is 46.9 Å². The molecule has 25 heavy (non-hydrogen) atoms. The van der Waals surface area contributed by atoms with Crippen molar-refractivity contribution in [3.05, 3.63) is 59.3 Å². The summed E-state index contributed by atoms with van der Waals surface area (Å²) in [7, 11) is 0. The molecule has 0 unspecified atom stereocenters. The summed E-state index contributed by atoms with van der Waals surface area (Å²) >= 11 is 1.47. The lowest BCUT2D eigenvalue weighted by Gasteiger charge is -2.28. The quantitative estimate of drug-likeness (QED) is 0.743. The molecule has 0 spiro atoms. The first-order valence-corrected chi connectivity index (χ1v) is 9.41. The zero-order valence-corrected chi connectivity index (χ0v) is 15.3. The molecule has 0 aliphatic carbocycles. The molecule has 0 amide bonds. The van der Waals surface area contributed by atoms with E-state index in [1.807, 2.05) is 19.2 Å². The maximum atomic E-state index is 9.50. The number of thioether (sulfide) groups is 1. The van der Waals surface area contributed by atoms with Crippen LogP contribution in [0.2, 0.25) is 0 Å². The summed E-state index contributed by atoms with van der Waals surface area (Å²) in [6, 6.07) is 12.7. The predicted octanol–water partition coefficient (Wildman–Crippen LogP) is 4.56. The maximum absolute atomic E-state index is 9.50. The second-order valence-electron chi connectivity index (χ2n) is 5.89. The van der Waals surface area contributed by atoms with Crippen LogP contribution < -0.4 is 0 Å². The Hall–Kier alpha value is -2.58. The van der Waals surface area contributed by atoms with E-state index in [-0.39, 0.29) is 0 Å². The van der Waals surface area contributed by atoms with Gasteiger partial charge in [0.1, 0.15) is 16.7 Å². The maximum Gasteiger partial charge on any atom is 0.116 e. The lowest BCUT2D eigenvalue weighted by atomic mass is 10.0. The Morgan fingerprint density at radius 1 is 1.28 bits per heavy atom. The molecule has 1 aliphatic rings. The molecular formula is C20H20N4S. The summed E-state index contributed by atoms with van der Waals surface area (Å²) in [5.41, 5.74) is 5.19. The average molecular weight is 348 g/mol. The van der Waals surface area contributed by atoms with Crippen LogP contribution in [0.25, 0.3) is 5.70 Å². The van der Waals surface area contributed by atoms with E-state index in [4.69, 9.17) is 0 Å². The largest absolute Gasteiger partial charge is 0.332 e. The van der Waals surface area contributed by atoms with E-state index in [0.29, 0.717) is 11.3 Å². The Labute approximate surface area is 152 Å². The molecular weight excluding hydrogens is 328 g/mol. The third-order valence-electron chi connectivity index (χ3n) is 4.29. The first-order chi connectivity index (χ1) is 12.2. The van der Waals surface area contributed by atoms with Crippen LogP contribution in [0.1, 0.15) is 28.8 Å². The van der Waals surface area contributed by atoms with Gasteiger partial charge in [-0.1, -0.05) is 36.9 Å². The summed E-state index contributed by atoms with van der Waals surface area (Å²) < 4.78 is 0. The Balaban J connectivity index is 1.79. The molecule has 3 rings (SSSR count). The summed E-state index contributed by atoms with van der Waals surface area (Å²) in [4.78, 5) is 11.2. The minimum atomic E-state index is 0.537. The van der Waals surface area contributed by atoms with Crippen molar-refractivity contribution in [2.75, 3.05) is 12.8 Å². The monoisotopic (exact) mass is 348 g/mol. The third-order valence-corrected chi connectivity index (χ3v) is 4.97. The van der Waals surface area contributed by atoms with Gasteiger partial charge in [0.15, 0.2) is 0 Å². The number of benzene rings is 1. The molecule has 0 N–H and O–H groups in total. The van der Waals surface area contributed by atoms with Crippen LogP contribution in [0.5, 0.6) is 0 Å². The van der Waals surface area contributed by atoms with Gasteiger partial charge >= 0.3 is 0 Å². The normalized spacial score (nSPS) is 12.8. The average Bonchev–Trinajstić information content (AvgIpc) is 2.64. The van der Waals surface area contributed by atoms with E-state index in [1.54, 1.807) is 6.34 Å². The van der Waals surface area contributed by atoms with Crippen LogP contribution in [0, 0.1) is 18.3 Å².